The number of carbonyl (C=O) groups is 1. The maximum Gasteiger partial charge on any atom is 0.312 e. The molecule has 0 saturated carbocycles. The Morgan fingerprint density at radius 1 is 1.43 bits per heavy atom. The molecular weight excluding hydrogens is 200 g/mol. The minimum Gasteiger partial charge on any atom is -0.483 e. The van der Waals surface area contributed by atoms with Gasteiger partial charge in [0.1, 0.15) is 6.10 Å². The zero-order chi connectivity index (χ0) is 11.5. The third-order valence-electron chi connectivity index (χ3n) is 2.16. The molecule has 1 N–H and O–H groups in total. The molecule has 0 aromatic heterocycles. The SMILES string of the molecule is CC(=S)O[C@@H](C(C)C)C(C)(C)C(=O)O. The molecule has 0 unspecified atom stereocenters. The van der Waals surface area contributed by atoms with Crippen molar-refractivity contribution >= 4 is 23.2 Å². The molecule has 0 aromatic carbocycles. The summed E-state index contributed by atoms with van der Waals surface area (Å²) in [7, 11) is 0. The fourth-order valence-corrected chi connectivity index (χ4v) is 1.52. The fraction of sp³-hybridized carbons (Fsp3) is 0.800. The summed E-state index contributed by atoms with van der Waals surface area (Å²) in [5.74, 6) is -0.758. The van der Waals surface area contributed by atoms with Crippen LogP contribution in [-0.2, 0) is 9.53 Å². The molecule has 0 bridgehead atoms. The van der Waals surface area contributed by atoms with E-state index in [0.29, 0.717) is 5.05 Å². The van der Waals surface area contributed by atoms with E-state index in [2.05, 4.69) is 0 Å². The molecule has 1 atom stereocenters. The largest absolute Gasteiger partial charge is 0.483 e. The molecule has 0 heterocycles. The van der Waals surface area contributed by atoms with Crippen LogP contribution < -0.4 is 0 Å². The summed E-state index contributed by atoms with van der Waals surface area (Å²) in [5, 5.41) is 9.44. The normalized spacial score (nSPS) is 13.9. The van der Waals surface area contributed by atoms with Crippen LogP contribution in [-0.4, -0.2) is 22.2 Å². The third kappa shape index (κ3) is 3.25. The van der Waals surface area contributed by atoms with Crippen LogP contribution in [0.15, 0.2) is 0 Å². The van der Waals surface area contributed by atoms with Crippen LogP contribution in [0, 0.1) is 11.3 Å². The standard InChI is InChI=1S/C10H18O3S/c1-6(2)8(13-7(3)14)10(4,5)9(11)12/h6,8H,1-5H3,(H,11,12)/t8-/m0/s1. The average Bonchev–Trinajstić information content (AvgIpc) is 1.98. The van der Waals surface area contributed by atoms with E-state index in [4.69, 9.17) is 22.1 Å². The molecular formula is C10H18O3S. The highest BCUT2D eigenvalue weighted by molar-refractivity contribution is 7.80. The topological polar surface area (TPSA) is 46.5 Å². The highest BCUT2D eigenvalue weighted by atomic mass is 32.1. The Kier molecular flexibility index (Phi) is 4.52. The summed E-state index contributed by atoms with van der Waals surface area (Å²) in [6.45, 7) is 8.81. The molecule has 0 fully saturated rings. The molecule has 0 aliphatic carbocycles. The van der Waals surface area contributed by atoms with Crippen LogP contribution in [0.5, 0.6) is 0 Å². The maximum atomic E-state index is 11.0. The van der Waals surface area contributed by atoms with Crippen molar-refractivity contribution in [3.63, 3.8) is 0 Å². The number of carboxylic acid groups (broad SMARTS) is 1. The number of rotatable bonds is 4. The van der Waals surface area contributed by atoms with Crippen LogP contribution in [0.4, 0.5) is 0 Å². The first kappa shape index (κ1) is 13.4. The second-order valence-corrected chi connectivity index (χ2v) is 4.88. The van der Waals surface area contributed by atoms with E-state index < -0.39 is 17.5 Å². The Balaban J connectivity index is 4.81. The summed E-state index contributed by atoms with van der Waals surface area (Å²) < 4.78 is 5.39. The summed E-state index contributed by atoms with van der Waals surface area (Å²) in [6.07, 6.45) is -0.391. The van der Waals surface area contributed by atoms with Crippen LogP contribution in [0.2, 0.25) is 0 Å². The van der Waals surface area contributed by atoms with E-state index in [9.17, 15) is 4.79 Å². The molecule has 0 amide bonds. The molecule has 82 valence electrons. The monoisotopic (exact) mass is 218 g/mol. The lowest BCUT2D eigenvalue weighted by atomic mass is 9.80. The van der Waals surface area contributed by atoms with Crippen molar-refractivity contribution in [1.29, 1.82) is 0 Å². The van der Waals surface area contributed by atoms with Gasteiger partial charge < -0.3 is 9.84 Å². The quantitative estimate of drug-likeness (QED) is 0.736. The van der Waals surface area contributed by atoms with Crippen molar-refractivity contribution in [2.75, 3.05) is 0 Å². The van der Waals surface area contributed by atoms with Crippen molar-refractivity contribution in [3.8, 4) is 0 Å². The van der Waals surface area contributed by atoms with Gasteiger partial charge in [-0.2, -0.15) is 0 Å². The molecule has 0 saturated heterocycles. The van der Waals surface area contributed by atoms with E-state index in [-0.39, 0.29) is 5.92 Å². The fourth-order valence-electron chi connectivity index (χ4n) is 1.42. The van der Waals surface area contributed by atoms with E-state index >= 15 is 0 Å². The van der Waals surface area contributed by atoms with Gasteiger partial charge in [0.25, 0.3) is 0 Å². The van der Waals surface area contributed by atoms with Crippen molar-refractivity contribution in [2.45, 2.75) is 40.7 Å². The van der Waals surface area contributed by atoms with E-state index in [1.54, 1.807) is 20.8 Å². The smallest absolute Gasteiger partial charge is 0.312 e. The second-order valence-electron chi connectivity index (χ2n) is 4.30. The van der Waals surface area contributed by atoms with Gasteiger partial charge in [-0.15, -0.1) is 0 Å². The lowest BCUT2D eigenvalue weighted by Gasteiger charge is -2.33. The Morgan fingerprint density at radius 3 is 2.07 bits per heavy atom. The zero-order valence-electron chi connectivity index (χ0n) is 9.33. The Hall–Kier alpha value is -0.640. The van der Waals surface area contributed by atoms with Gasteiger partial charge in [-0.05, 0) is 32.0 Å². The summed E-state index contributed by atoms with van der Waals surface area (Å²) in [4.78, 5) is 11.0. The summed E-state index contributed by atoms with van der Waals surface area (Å²) >= 11 is 4.83. The highest BCUT2D eigenvalue weighted by Crippen LogP contribution is 2.29. The first-order valence-corrected chi connectivity index (χ1v) is 5.01. The van der Waals surface area contributed by atoms with Crippen LogP contribution in [0.1, 0.15) is 34.6 Å². The highest BCUT2D eigenvalue weighted by Gasteiger charge is 2.40. The van der Waals surface area contributed by atoms with Gasteiger partial charge in [0.2, 0.25) is 0 Å². The number of hydrogen-bond donors (Lipinski definition) is 1. The van der Waals surface area contributed by atoms with Gasteiger partial charge in [-0.1, -0.05) is 13.8 Å². The molecule has 0 radical (unpaired) electrons. The lowest BCUT2D eigenvalue weighted by molar-refractivity contribution is -0.154. The molecule has 0 aliphatic heterocycles. The Labute approximate surface area is 90.5 Å². The summed E-state index contributed by atoms with van der Waals surface area (Å²) in [6, 6.07) is 0. The second kappa shape index (κ2) is 4.73. The Bertz CT molecular complexity index is 234. The van der Waals surface area contributed by atoms with Gasteiger partial charge in [-0.3, -0.25) is 4.79 Å². The van der Waals surface area contributed by atoms with Gasteiger partial charge in [0.05, 0.1) is 5.41 Å². The molecule has 14 heavy (non-hydrogen) atoms. The zero-order valence-corrected chi connectivity index (χ0v) is 10.1. The number of aliphatic carboxylic acids is 1. The van der Waals surface area contributed by atoms with Crippen LogP contribution in [0.25, 0.3) is 0 Å². The first-order valence-electron chi connectivity index (χ1n) is 4.60. The predicted molar refractivity (Wildman–Crippen MR) is 59.4 cm³/mol. The number of carboxylic acids is 1. The van der Waals surface area contributed by atoms with E-state index in [1.165, 1.54) is 0 Å². The molecule has 4 heteroatoms. The van der Waals surface area contributed by atoms with Crippen molar-refractivity contribution < 1.29 is 14.6 Å². The van der Waals surface area contributed by atoms with E-state index in [0.717, 1.165) is 0 Å². The van der Waals surface area contributed by atoms with Gasteiger partial charge in [0.15, 0.2) is 5.05 Å². The van der Waals surface area contributed by atoms with Crippen LogP contribution >= 0.6 is 12.2 Å². The lowest BCUT2D eigenvalue weighted by Crippen LogP contribution is -2.43. The van der Waals surface area contributed by atoms with Crippen molar-refractivity contribution in [3.05, 3.63) is 0 Å². The summed E-state index contributed by atoms with van der Waals surface area (Å²) in [5.41, 5.74) is -0.922. The Morgan fingerprint density at radius 2 is 1.86 bits per heavy atom. The van der Waals surface area contributed by atoms with Gasteiger partial charge >= 0.3 is 5.97 Å². The molecule has 0 aromatic rings. The van der Waals surface area contributed by atoms with Crippen molar-refractivity contribution in [2.24, 2.45) is 11.3 Å². The van der Waals surface area contributed by atoms with Crippen molar-refractivity contribution in [1.82, 2.24) is 0 Å². The third-order valence-corrected chi connectivity index (χ3v) is 2.26. The van der Waals surface area contributed by atoms with Gasteiger partial charge in [-0.25, -0.2) is 0 Å². The number of thiocarbonyl (C=S) groups is 1. The first-order chi connectivity index (χ1) is 6.19. The molecule has 0 spiro atoms. The van der Waals surface area contributed by atoms with Crippen LogP contribution in [0.3, 0.4) is 0 Å². The molecule has 3 nitrogen and oxygen atoms in total. The minimum absolute atomic E-state index is 0.110. The number of ether oxygens (including phenoxy) is 1. The maximum absolute atomic E-state index is 11.0. The van der Waals surface area contributed by atoms with E-state index in [1.807, 2.05) is 13.8 Å². The number of hydrogen-bond acceptors (Lipinski definition) is 3. The average molecular weight is 218 g/mol. The molecule has 0 aliphatic rings. The molecule has 0 rings (SSSR count). The minimum atomic E-state index is -0.922. The van der Waals surface area contributed by atoms with Gasteiger partial charge in [0, 0.05) is 6.92 Å². The predicted octanol–water partition coefficient (Wildman–Crippen LogP) is 2.49.